The van der Waals surface area contributed by atoms with Crippen LogP contribution in [-0.4, -0.2) is 0 Å². The molecule has 0 saturated carbocycles. The molecule has 0 amide bonds. The van der Waals surface area contributed by atoms with Gasteiger partial charge < -0.3 is 9.80 Å². The van der Waals surface area contributed by atoms with E-state index in [1.54, 1.807) is 0 Å². The standard InChI is InChI=1S/C73H50N2S/c1-72(2)62-29-13-9-23-54(62)58-37-35-50(44-66(58)72)74-52-41-49(48(39-46-19-5-3-6-20-46)40-47-21-7-4-8-22-47)42-53(43-52)75(69-34-18-28-61-60-27-17-33-68(74)70(60)76-71(61)69)51-36-38-59-57-26-12-16-32-65(57)73(67(59)45-51)63-30-14-10-24-55(63)56-25-11-15-31-64(56)73/h3-39,41-45H,40H2,1-2H3/b48-39-. The van der Waals surface area contributed by atoms with Gasteiger partial charge in [-0.3, -0.25) is 0 Å². The lowest BCUT2D eigenvalue weighted by Gasteiger charge is -2.33. The Bertz CT molecular complexity index is 4360. The number of rotatable bonds is 6. The van der Waals surface area contributed by atoms with Gasteiger partial charge in [-0.15, -0.1) is 11.3 Å². The number of fused-ring (bicyclic) bond motifs is 16. The molecule has 2 nitrogen and oxygen atoms in total. The molecule has 2 heterocycles. The molecule has 16 rings (SSSR count). The molecule has 76 heavy (non-hydrogen) atoms. The van der Waals surface area contributed by atoms with Crippen molar-refractivity contribution in [1.82, 2.24) is 0 Å². The molecule has 0 fully saturated rings. The Morgan fingerprint density at radius 2 is 0.829 bits per heavy atom. The molecule has 1 aliphatic heterocycles. The highest BCUT2D eigenvalue weighted by Crippen LogP contribution is 2.64. The zero-order chi connectivity index (χ0) is 50.3. The van der Waals surface area contributed by atoms with Crippen LogP contribution in [0.3, 0.4) is 0 Å². The summed E-state index contributed by atoms with van der Waals surface area (Å²) >= 11 is 1.92. The first-order chi connectivity index (χ1) is 37.4. The molecular formula is C73H50N2S. The van der Waals surface area contributed by atoms with Gasteiger partial charge in [0.25, 0.3) is 0 Å². The van der Waals surface area contributed by atoms with Crippen molar-refractivity contribution >= 4 is 77.3 Å². The Labute approximate surface area is 447 Å². The molecule has 1 aromatic heterocycles. The van der Waals surface area contributed by atoms with Gasteiger partial charge in [0.15, 0.2) is 0 Å². The number of nitrogens with zero attached hydrogens (tertiary/aromatic N) is 2. The lowest BCUT2D eigenvalue weighted by molar-refractivity contribution is 0.660. The maximum absolute atomic E-state index is 2.59. The van der Waals surface area contributed by atoms with Gasteiger partial charge in [-0.05, 0) is 150 Å². The van der Waals surface area contributed by atoms with Crippen molar-refractivity contribution in [2.45, 2.75) is 31.1 Å². The fourth-order valence-corrected chi connectivity index (χ4v) is 15.2. The van der Waals surface area contributed by atoms with E-state index in [1.165, 1.54) is 121 Å². The molecule has 0 saturated heterocycles. The minimum absolute atomic E-state index is 0.173. The Morgan fingerprint density at radius 1 is 0.382 bits per heavy atom. The van der Waals surface area contributed by atoms with Gasteiger partial charge in [-0.1, -0.05) is 214 Å². The van der Waals surface area contributed by atoms with Gasteiger partial charge in [0.1, 0.15) is 0 Å². The lowest BCUT2D eigenvalue weighted by Crippen LogP contribution is -2.26. The second kappa shape index (κ2) is 16.2. The van der Waals surface area contributed by atoms with Gasteiger partial charge in [-0.25, -0.2) is 0 Å². The van der Waals surface area contributed by atoms with Crippen molar-refractivity contribution in [2.75, 3.05) is 9.80 Å². The van der Waals surface area contributed by atoms with E-state index in [-0.39, 0.29) is 5.41 Å². The highest BCUT2D eigenvalue weighted by molar-refractivity contribution is 7.27. The van der Waals surface area contributed by atoms with Gasteiger partial charge in [0.05, 0.1) is 26.2 Å². The molecule has 12 aromatic rings. The minimum atomic E-state index is -0.489. The van der Waals surface area contributed by atoms with Crippen LogP contribution < -0.4 is 9.80 Å². The average molecular weight is 987 g/mol. The highest BCUT2D eigenvalue weighted by atomic mass is 32.1. The maximum atomic E-state index is 2.59. The summed E-state index contributed by atoms with van der Waals surface area (Å²) in [7, 11) is 0. The van der Waals surface area contributed by atoms with Crippen LogP contribution in [0.2, 0.25) is 0 Å². The first-order valence-electron chi connectivity index (χ1n) is 26.6. The van der Waals surface area contributed by atoms with Crippen molar-refractivity contribution in [3.63, 3.8) is 0 Å². The van der Waals surface area contributed by atoms with E-state index < -0.39 is 5.41 Å². The van der Waals surface area contributed by atoms with E-state index in [1.807, 2.05) is 11.3 Å². The SMILES string of the molecule is CC1(C)c2ccccc2-c2ccc(N3c4cc(/C(=C\c5ccccc5)Cc5ccccc5)cc(c4)N(c4ccc5c(c4)C4(c6ccccc6-c6ccccc64)c4ccccc4-5)c4cccc5c4sc4c3cccc45)cc21. The molecule has 358 valence electrons. The molecule has 3 heteroatoms. The zero-order valence-electron chi connectivity index (χ0n) is 42.3. The lowest BCUT2D eigenvalue weighted by atomic mass is 9.70. The molecule has 0 N–H and O–H groups in total. The van der Waals surface area contributed by atoms with Gasteiger partial charge >= 0.3 is 0 Å². The maximum Gasteiger partial charge on any atom is 0.0726 e. The van der Waals surface area contributed by atoms with Crippen LogP contribution in [0.1, 0.15) is 63.9 Å². The van der Waals surface area contributed by atoms with Crippen LogP contribution in [0, 0.1) is 0 Å². The van der Waals surface area contributed by atoms with Crippen molar-refractivity contribution in [3.8, 4) is 33.4 Å². The summed E-state index contributed by atoms with van der Waals surface area (Å²) in [4.78, 5) is 5.15. The van der Waals surface area contributed by atoms with E-state index in [2.05, 4.69) is 278 Å². The van der Waals surface area contributed by atoms with Crippen LogP contribution in [0.25, 0.3) is 65.2 Å². The fraction of sp³-hybridized carbons (Fsp3) is 0.0685. The summed E-state index contributed by atoms with van der Waals surface area (Å²) < 4.78 is 2.54. The second-order valence-corrected chi connectivity index (χ2v) is 22.6. The molecule has 11 aromatic carbocycles. The molecule has 0 unspecified atom stereocenters. The van der Waals surface area contributed by atoms with Gasteiger partial charge in [-0.2, -0.15) is 0 Å². The van der Waals surface area contributed by atoms with Crippen molar-refractivity contribution in [1.29, 1.82) is 0 Å². The normalized spacial score (nSPS) is 14.7. The van der Waals surface area contributed by atoms with E-state index in [4.69, 9.17) is 0 Å². The topological polar surface area (TPSA) is 6.48 Å². The number of hydrogen-bond acceptors (Lipinski definition) is 3. The molecule has 1 spiro atoms. The van der Waals surface area contributed by atoms with E-state index in [0.717, 1.165) is 29.2 Å². The van der Waals surface area contributed by atoms with Crippen molar-refractivity contribution in [2.24, 2.45) is 0 Å². The summed E-state index contributed by atoms with van der Waals surface area (Å²) in [5.74, 6) is 0. The van der Waals surface area contributed by atoms with Crippen LogP contribution >= 0.6 is 11.3 Å². The Hall–Kier alpha value is -9.02. The third-order valence-corrected chi connectivity index (χ3v) is 18.5. The van der Waals surface area contributed by atoms with Gasteiger partial charge in [0, 0.05) is 38.9 Å². The van der Waals surface area contributed by atoms with Crippen LogP contribution in [0.15, 0.2) is 249 Å². The smallest absolute Gasteiger partial charge is 0.0726 e. The van der Waals surface area contributed by atoms with E-state index >= 15 is 0 Å². The van der Waals surface area contributed by atoms with Crippen LogP contribution in [0.4, 0.5) is 34.1 Å². The number of benzene rings is 11. The molecule has 0 radical (unpaired) electrons. The quantitative estimate of drug-likeness (QED) is 0.153. The number of anilines is 6. The molecular weight excluding hydrogens is 937 g/mol. The van der Waals surface area contributed by atoms with Crippen molar-refractivity contribution in [3.05, 3.63) is 299 Å². The fourth-order valence-electron chi connectivity index (χ4n) is 13.9. The van der Waals surface area contributed by atoms with Crippen molar-refractivity contribution < 1.29 is 0 Å². The largest absolute Gasteiger partial charge is 0.309 e. The Morgan fingerprint density at radius 3 is 1.38 bits per heavy atom. The predicted octanol–water partition coefficient (Wildman–Crippen LogP) is 19.7. The third-order valence-electron chi connectivity index (χ3n) is 17.2. The molecule has 0 atom stereocenters. The molecule has 4 bridgehead atoms. The molecule has 3 aliphatic carbocycles. The molecule has 4 aliphatic rings. The summed E-state index contributed by atoms with van der Waals surface area (Å²) in [6.07, 6.45) is 3.17. The van der Waals surface area contributed by atoms with Crippen LogP contribution in [-0.2, 0) is 17.3 Å². The van der Waals surface area contributed by atoms with E-state index in [9.17, 15) is 0 Å². The Balaban J connectivity index is 1.00. The predicted molar refractivity (Wildman–Crippen MR) is 321 cm³/mol. The van der Waals surface area contributed by atoms with E-state index in [0.29, 0.717) is 0 Å². The average Bonchev–Trinajstić information content (AvgIpc) is 4.19. The first-order valence-corrected chi connectivity index (χ1v) is 27.4. The van der Waals surface area contributed by atoms with Gasteiger partial charge in [0.2, 0.25) is 0 Å². The number of hydrogen-bond donors (Lipinski definition) is 0. The summed E-state index contributed by atoms with van der Waals surface area (Å²) in [5, 5.41) is 2.53. The highest BCUT2D eigenvalue weighted by Gasteiger charge is 2.52. The zero-order valence-corrected chi connectivity index (χ0v) is 43.1. The first kappa shape index (κ1) is 43.4. The second-order valence-electron chi connectivity index (χ2n) is 21.6. The monoisotopic (exact) mass is 986 g/mol. The summed E-state index contributed by atoms with van der Waals surface area (Å²) in [6.45, 7) is 4.78. The minimum Gasteiger partial charge on any atom is -0.309 e. The van der Waals surface area contributed by atoms with Crippen LogP contribution in [0.5, 0.6) is 0 Å². The Kier molecular flexibility index (Phi) is 9.27. The summed E-state index contributed by atoms with van der Waals surface area (Å²) in [6, 6.07) is 94.1. The number of allylic oxidation sites excluding steroid dienone is 1. The third kappa shape index (κ3) is 6.09. The summed E-state index contributed by atoms with van der Waals surface area (Å²) in [5.41, 5.74) is 27.0. The number of thiophene rings is 1.